The lowest BCUT2D eigenvalue weighted by atomic mass is 10.1. The van der Waals surface area contributed by atoms with E-state index in [1.165, 1.54) is 4.31 Å². The van der Waals surface area contributed by atoms with Crippen molar-refractivity contribution in [1.29, 1.82) is 0 Å². The van der Waals surface area contributed by atoms with Crippen molar-refractivity contribution in [2.75, 3.05) is 17.8 Å². The highest BCUT2D eigenvalue weighted by Crippen LogP contribution is 2.20. The van der Waals surface area contributed by atoms with Crippen LogP contribution >= 0.6 is 0 Å². The van der Waals surface area contributed by atoms with Crippen LogP contribution in [0.5, 0.6) is 0 Å². The number of rotatable bonds is 6. The van der Waals surface area contributed by atoms with Gasteiger partial charge in [0.2, 0.25) is 0 Å². The summed E-state index contributed by atoms with van der Waals surface area (Å²) in [6.45, 7) is 6.72. The molecule has 18 heavy (non-hydrogen) atoms. The number of benzene rings is 1. The van der Waals surface area contributed by atoms with Gasteiger partial charge in [0.25, 0.3) is 0 Å². The van der Waals surface area contributed by atoms with Gasteiger partial charge in [-0.2, -0.15) is 12.7 Å². The van der Waals surface area contributed by atoms with E-state index in [1.807, 2.05) is 32.9 Å². The minimum absolute atomic E-state index is 0.308. The Morgan fingerprint density at radius 1 is 1.28 bits per heavy atom. The van der Waals surface area contributed by atoms with Crippen LogP contribution in [0.2, 0.25) is 0 Å². The first kappa shape index (κ1) is 14.9. The number of nitrogens with zero attached hydrogens (tertiary/aromatic N) is 1. The molecule has 0 bridgehead atoms. The first-order valence-corrected chi connectivity index (χ1v) is 7.46. The molecule has 0 aliphatic carbocycles. The molecule has 3 N–H and O–H groups in total. The molecule has 0 amide bonds. The summed E-state index contributed by atoms with van der Waals surface area (Å²) in [4.78, 5) is 0. The lowest BCUT2D eigenvalue weighted by Gasteiger charge is -2.21. The fraction of sp³-hybridized carbons (Fsp3) is 0.500. The third-order valence-corrected chi connectivity index (χ3v) is 4.57. The summed E-state index contributed by atoms with van der Waals surface area (Å²) in [6, 6.07) is 5.46. The lowest BCUT2D eigenvalue weighted by molar-refractivity contribution is 0.449. The van der Waals surface area contributed by atoms with Crippen LogP contribution in [0.4, 0.5) is 5.69 Å². The Balaban J connectivity index is 3.08. The third kappa shape index (κ3) is 3.22. The number of aryl methyl sites for hydroxylation is 1. The van der Waals surface area contributed by atoms with Gasteiger partial charge in [-0.05, 0) is 24.1 Å². The van der Waals surface area contributed by atoms with Crippen LogP contribution in [0.25, 0.3) is 0 Å². The summed E-state index contributed by atoms with van der Waals surface area (Å²) >= 11 is 0. The highest BCUT2D eigenvalue weighted by atomic mass is 32.2. The average molecular weight is 271 g/mol. The molecule has 5 nitrogen and oxygen atoms in total. The Kier molecular flexibility index (Phi) is 5.13. The van der Waals surface area contributed by atoms with Crippen LogP contribution in [0.15, 0.2) is 18.2 Å². The van der Waals surface area contributed by atoms with E-state index >= 15 is 0 Å². The molecule has 6 heteroatoms. The Labute approximate surface area is 109 Å². The maximum atomic E-state index is 12.1. The predicted molar refractivity (Wildman–Crippen MR) is 74.5 cm³/mol. The Morgan fingerprint density at radius 2 is 1.89 bits per heavy atom. The lowest BCUT2D eigenvalue weighted by Crippen LogP contribution is -2.35. The second-order valence-electron chi connectivity index (χ2n) is 4.00. The Bertz CT molecular complexity index is 496. The Morgan fingerprint density at radius 3 is 2.39 bits per heavy atom. The van der Waals surface area contributed by atoms with Gasteiger partial charge in [0.15, 0.2) is 0 Å². The summed E-state index contributed by atoms with van der Waals surface area (Å²) in [5.41, 5.74) is 8.03. The van der Waals surface area contributed by atoms with Gasteiger partial charge in [-0.15, -0.1) is 0 Å². The number of hydrogen-bond donors (Lipinski definition) is 2. The highest BCUT2D eigenvalue weighted by Gasteiger charge is 2.19. The highest BCUT2D eigenvalue weighted by molar-refractivity contribution is 7.90. The van der Waals surface area contributed by atoms with Crippen molar-refractivity contribution in [3.8, 4) is 0 Å². The molecule has 1 rings (SSSR count). The molecule has 0 spiro atoms. The van der Waals surface area contributed by atoms with Gasteiger partial charge >= 0.3 is 10.2 Å². The van der Waals surface area contributed by atoms with Crippen molar-refractivity contribution < 1.29 is 8.42 Å². The van der Waals surface area contributed by atoms with Gasteiger partial charge in [-0.25, -0.2) is 0 Å². The van der Waals surface area contributed by atoms with E-state index in [9.17, 15) is 8.42 Å². The van der Waals surface area contributed by atoms with Crippen molar-refractivity contribution in [1.82, 2.24) is 4.31 Å². The quantitative estimate of drug-likeness (QED) is 0.822. The van der Waals surface area contributed by atoms with Gasteiger partial charge in [0, 0.05) is 19.6 Å². The van der Waals surface area contributed by atoms with E-state index in [2.05, 4.69) is 4.72 Å². The van der Waals surface area contributed by atoms with E-state index in [0.29, 0.717) is 25.3 Å². The molecular formula is C12H21N3O2S. The van der Waals surface area contributed by atoms with Crippen LogP contribution in [0, 0.1) is 6.92 Å². The fourth-order valence-corrected chi connectivity index (χ4v) is 3.11. The van der Waals surface area contributed by atoms with Crippen LogP contribution in [0.3, 0.4) is 0 Å². The van der Waals surface area contributed by atoms with Gasteiger partial charge in [-0.1, -0.05) is 26.0 Å². The zero-order valence-electron chi connectivity index (χ0n) is 11.1. The second kappa shape index (κ2) is 6.17. The van der Waals surface area contributed by atoms with Gasteiger partial charge in [-0.3, -0.25) is 4.72 Å². The summed E-state index contributed by atoms with van der Waals surface area (Å²) in [5.74, 6) is 0. The van der Waals surface area contributed by atoms with Gasteiger partial charge < -0.3 is 5.73 Å². The Hall–Kier alpha value is -1.11. The molecule has 0 fully saturated rings. The molecule has 0 aromatic heterocycles. The molecule has 0 unspecified atom stereocenters. The second-order valence-corrected chi connectivity index (χ2v) is 5.67. The van der Waals surface area contributed by atoms with Crippen molar-refractivity contribution in [2.24, 2.45) is 5.73 Å². The number of hydrogen-bond acceptors (Lipinski definition) is 3. The maximum absolute atomic E-state index is 12.1. The monoisotopic (exact) mass is 271 g/mol. The number of nitrogens with one attached hydrogen (secondary N) is 1. The topological polar surface area (TPSA) is 75.4 Å². The normalized spacial score (nSPS) is 11.8. The standard InChI is InChI=1S/C12H21N3O2S/c1-4-15(5-2)18(16,17)14-12-8-6-7-10(3)11(12)9-13/h6-8,14H,4-5,9,13H2,1-3H3. The summed E-state index contributed by atoms with van der Waals surface area (Å²) in [7, 11) is -3.50. The minimum atomic E-state index is -3.50. The van der Waals surface area contributed by atoms with E-state index in [4.69, 9.17) is 5.73 Å². The van der Waals surface area contributed by atoms with E-state index in [0.717, 1.165) is 11.1 Å². The summed E-state index contributed by atoms with van der Waals surface area (Å²) < 4.78 is 28.2. The smallest absolute Gasteiger partial charge is 0.301 e. The molecule has 1 aromatic rings. The SMILES string of the molecule is CCN(CC)S(=O)(=O)Nc1cccc(C)c1CN. The molecule has 0 saturated carbocycles. The number of anilines is 1. The average Bonchev–Trinajstić information content (AvgIpc) is 2.30. The van der Waals surface area contributed by atoms with Crippen molar-refractivity contribution >= 4 is 15.9 Å². The predicted octanol–water partition coefficient (Wildman–Crippen LogP) is 1.45. The summed E-state index contributed by atoms with van der Waals surface area (Å²) in [5, 5.41) is 0. The molecule has 102 valence electrons. The zero-order valence-corrected chi connectivity index (χ0v) is 11.9. The molecular weight excluding hydrogens is 250 g/mol. The molecule has 0 atom stereocenters. The van der Waals surface area contributed by atoms with Gasteiger partial charge in [0.05, 0.1) is 5.69 Å². The minimum Gasteiger partial charge on any atom is -0.326 e. The zero-order chi connectivity index (χ0) is 13.8. The first-order chi connectivity index (χ1) is 8.46. The van der Waals surface area contributed by atoms with E-state index < -0.39 is 10.2 Å². The van der Waals surface area contributed by atoms with E-state index in [-0.39, 0.29) is 0 Å². The molecule has 0 aliphatic rings. The molecule has 0 aliphatic heterocycles. The van der Waals surface area contributed by atoms with Crippen LogP contribution in [-0.2, 0) is 16.8 Å². The molecule has 0 saturated heterocycles. The third-order valence-electron chi connectivity index (χ3n) is 2.90. The maximum Gasteiger partial charge on any atom is 0.301 e. The van der Waals surface area contributed by atoms with Crippen LogP contribution < -0.4 is 10.5 Å². The molecule has 1 aromatic carbocycles. The van der Waals surface area contributed by atoms with Crippen molar-refractivity contribution in [2.45, 2.75) is 27.3 Å². The van der Waals surface area contributed by atoms with Crippen molar-refractivity contribution in [3.05, 3.63) is 29.3 Å². The number of nitrogens with two attached hydrogens (primary N) is 1. The molecule has 0 heterocycles. The van der Waals surface area contributed by atoms with Crippen LogP contribution in [-0.4, -0.2) is 25.8 Å². The van der Waals surface area contributed by atoms with Crippen molar-refractivity contribution in [3.63, 3.8) is 0 Å². The van der Waals surface area contributed by atoms with E-state index in [1.54, 1.807) is 6.07 Å². The largest absolute Gasteiger partial charge is 0.326 e. The molecule has 0 radical (unpaired) electrons. The van der Waals surface area contributed by atoms with Gasteiger partial charge in [0.1, 0.15) is 0 Å². The first-order valence-electron chi connectivity index (χ1n) is 6.02. The fourth-order valence-electron chi connectivity index (χ4n) is 1.84. The summed E-state index contributed by atoms with van der Waals surface area (Å²) in [6.07, 6.45) is 0. The van der Waals surface area contributed by atoms with Crippen LogP contribution in [0.1, 0.15) is 25.0 Å².